The molecule has 0 aromatic heterocycles. The molecule has 6 heteroatoms. The van der Waals surface area contributed by atoms with E-state index in [2.05, 4.69) is 0 Å². The van der Waals surface area contributed by atoms with E-state index in [4.69, 9.17) is 4.74 Å². The molecule has 0 saturated heterocycles. The molecule has 2 unspecified atom stereocenters. The fourth-order valence-corrected chi connectivity index (χ4v) is 3.49. The molecule has 2 aliphatic rings. The Morgan fingerprint density at radius 3 is 2.27 bits per heavy atom. The molecule has 2 atom stereocenters. The van der Waals surface area contributed by atoms with Crippen LogP contribution >= 0.6 is 0 Å². The molecule has 0 N–H and O–H groups in total. The van der Waals surface area contributed by atoms with E-state index in [1.165, 1.54) is 0 Å². The van der Waals surface area contributed by atoms with Gasteiger partial charge in [-0.25, -0.2) is 0 Å². The molecule has 0 aliphatic carbocycles. The fraction of sp³-hybridized carbons (Fsp3) is 0.250. The number of fused-ring (bicyclic) bond motifs is 2. The van der Waals surface area contributed by atoms with E-state index in [-0.39, 0.29) is 12.0 Å². The summed E-state index contributed by atoms with van der Waals surface area (Å²) in [6.07, 6.45) is -0.178. The summed E-state index contributed by atoms with van der Waals surface area (Å²) in [7, 11) is 0. The van der Waals surface area contributed by atoms with E-state index in [1.807, 2.05) is 19.1 Å². The monoisotopic (exact) mass is 350 g/mol. The fourth-order valence-electron chi connectivity index (χ4n) is 3.49. The predicted molar refractivity (Wildman–Crippen MR) is 95.3 cm³/mol. The van der Waals surface area contributed by atoms with Gasteiger partial charge in [-0.05, 0) is 38.1 Å². The van der Waals surface area contributed by atoms with Gasteiger partial charge >= 0.3 is 0 Å². The number of imide groups is 1. The molecule has 0 fully saturated rings. The standard InChI is InChI=1S/C20H18N2O4/c1-12-11-21(16-9-5-6-10-17(16)26-12)18(23)13(2)22-19(24)14-7-3-4-8-15(14)20(22)25/h3-10,12-13H,11H2,1-2H3. The third-order valence-electron chi connectivity index (χ3n) is 4.76. The summed E-state index contributed by atoms with van der Waals surface area (Å²) < 4.78 is 5.77. The van der Waals surface area contributed by atoms with Gasteiger partial charge < -0.3 is 9.64 Å². The predicted octanol–water partition coefficient (Wildman–Crippen LogP) is 2.49. The highest BCUT2D eigenvalue weighted by atomic mass is 16.5. The van der Waals surface area contributed by atoms with E-state index >= 15 is 0 Å². The topological polar surface area (TPSA) is 66.9 Å². The van der Waals surface area contributed by atoms with E-state index < -0.39 is 17.9 Å². The Morgan fingerprint density at radius 2 is 1.62 bits per heavy atom. The number of carbonyl (C=O) groups is 3. The zero-order chi connectivity index (χ0) is 18.4. The molecule has 2 heterocycles. The van der Waals surface area contributed by atoms with Crippen LogP contribution < -0.4 is 9.64 Å². The van der Waals surface area contributed by atoms with E-state index in [1.54, 1.807) is 48.2 Å². The number of carbonyl (C=O) groups excluding carboxylic acids is 3. The van der Waals surface area contributed by atoms with Crippen LogP contribution in [0.15, 0.2) is 48.5 Å². The van der Waals surface area contributed by atoms with Crippen molar-refractivity contribution in [2.45, 2.75) is 26.0 Å². The van der Waals surface area contributed by atoms with Crippen molar-refractivity contribution in [2.24, 2.45) is 0 Å². The van der Waals surface area contributed by atoms with Crippen molar-refractivity contribution in [3.8, 4) is 5.75 Å². The first-order chi connectivity index (χ1) is 12.5. The van der Waals surface area contributed by atoms with E-state index in [0.29, 0.717) is 29.1 Å². The lowest BCUT2D eigenvalue weighted by Crippen LogP contribution is -2.52. The molecule has 2 aromatic rings. The highest BCUT2D eigenvalue weighted by Gasteiger charge is 2.42. The van der Waals surface area contributed by atoms with E-state index in [0.717, 1.165) is 4.90 Å². The molecule has 0 bridgehead atoms. The number of hydrogen-bond acceptors (Lipinski definition) is 4. The maximum atomic E-state index is 13.2. The Bertz CT molecular complexity index is 889. The first-order valence-corrected chi connectivity index (χ1v) is 8.53. The number of para-hydroxylation sites is 2. The minimum Gasteiger partial charge on any atom is -0.487 e. The van der Waals surface area contributed by atoms with Gasteiger partial charge in [-0.1, -0.05) is 24.3 Å². The van der Waals surface area contributed by atoms with Crippen molar-refractivity contribution < 1.29 is 19.1 Å². The molecular formula is C20H18N2O4. The molecule has 2 aliphatic heterocycles. The maximum Gasteiger partial charge on any atom is 0.262 e. The smallest absolute Gasteiger partial charge is 0.262 e. The number of ether oxygens (including phenoxy) is 1. The number of hydrogen-bond donors (Lipinski definition) is 0. The third kappa shape index (κ3) is 2.37. The third-order valence-corrected chi connectivity index (χ3v) is 4.76. The van der Waals surface area contributed by atoms with Crippen LogP contribution in [0, 0.1) is 0 Å². The van der Waals surface area contributed by atoms with Crippen molar-refractivity contribution in [2.75, 3.05) is 11.4 Å². The first-order valence-electron chi connectivity index (χ1n) is 8.53. The van der Waals surface area contributed by atoms with Crippen LogP contribution in [0.3, 0.4) is 0 Å². The highest BCUT2D eigenvalue weighted by Crippen LogP contribution is 2.34. The molecule has 4 rings (SSSR count). The molecule has 0 spiro atoms. The zero-order valence-electron chi connectivity index (χ0n) is 14.5. The maximum absolute atomic E-state index is 13.2. The Kier molecular flexibility index (Phi) is 3.76. The summed E-state index contributed by atoms with van der Waals surface area (Å²) in [5, 5.41) is 0. The molecule has 0 saturated carbocycles. The summed E-state index contributed by atoms with van der Waals surface area (Å²) >= 11 is 0. The van der Waals surface area contributed by atoms with Gasteiger partial charge in [0.1, 0.15) is 17.9 Å². The van der Waals surface area contributed by atoms with Gasteiger partial charge in [0.05, 0.1) is 23.4 Å². The lowest BCUT2D eigenvalue weighted by atomic mass is 10.1. The second-order valence-electron chi connectivity index (χ2n) is 6.55. The lowest BCUT2D eigenvalue weighted by molar-refractivity contribution is -0.122. The van der Waals surface area contributed by atoms with Gasteiger partial charge in [0.15, 0.2) is 0 Å². The number of rotatable bonds is 2. The van der Waals surface area contributed by atoms with Gasteiger partial charge in [-0.2, -0.15) is 0 Å². The van der Waals surface area contributed by atoms with Crippen LogP contribution in [-0.2, 0) is 4.79 Å². The normalized spacial score (nSPS) is 19.7. The molecule has 26 heavy (non-hydrogen) atoms. The van der Waals surface area contributed by atoms with Gasteiger partial charge in [0.2, 0.25) is 5.91 Å². The first kappa shape index (κ1) is 16.3. The molecule has 6 nitrogen and oxygen atoms in total. The van der Waals surface area contributed by atoms with E-state index in [9.17, 15) is 14.4 Å². The summed E-state index contributed by atoms with van der Waals surface area (Å²) in [5.41, 5.74) is 1.33. The van der Waals surface area contributed by atoms with Crippen LogP contribution in [-0.4, -0.2) is 41.3 Å². The second-order valence-corrected chi connectivity index (χ2v) is 6.55. The van der Waals surface area contributed by atoms with Gasteiger partial charge in [0.25, 0.3) is 11.8 Å². The highest BCUT2D eigenvalue weighted by molar-refractivity contribution is 6.23. The summed E-state index contributed by atoms with van der Waals surface area (Å²) in [5.74, 6) is -0.543. The van der Waals surface area contributed by atoms with Gasteiger partial charge in [-0.15, -0.1) is 0 Å². The minimum absolute atomic E-state index is 0.178. The van der Waals surface area contributed by atoms with Crippen molar-refractivity contribution in [3.63, 3.8) is 0 Å². The van der Waals surface area contributed by atoms with Crippen molar-refractivity contribution in [1.82, 2.24) is 4.90 Å². The van der Waals surface area contributed by atoms with Crippen LogP contribution in [0.2, 0.25) is 0 Å². The zero-order valence-corrected chi connectivity index (χ0v) is 14.5. The average Bonchev–Trinajstić information content (AvgIpc) is 2.91. The minimum atomic E-state index is -0.902. The number of nitrogens with zero attached hydrogens (tertiary/aromatic N) is 2. The van der Waals surface area contributed by atoms with Crippen LogP contribution in [0.1, 0.15) is 34.6 Å². The van der Waals surface area contributed by atoms with Gasteiger partial charge in [-0.3, -0.25) is 19.3 Å². The molecule has 3 amide bonds. The largest absolute Gasteiger partial charge is 0.487 e. The summed E-state index contributed by atoms with van der Waals surface area (Å²) in [6.45, 7) is 3.83. The Balaban J connectivity index is 1.66. The quantitative estimate of drug-likeness (QED) is 0.781. The van der Waals surface area contributed by atoms with Gasteiger partial charge in [0, 0.05) is 0 Å². The number of amides is 3. The molecular weight excluding hydrogens is 332 g/mol. The van der Waals surface area contributed by atoms with Crippen molar-refractivity contribution >= 4 is 23.4 Å². The number of benzene rings is 2. The van der Waals surface area contributed by atoms with Crippen molar-refractivity contribution in [3.05, 3.63) is 59.7 Å². The lowest BCUT2D eigenvalue weighted by Gasteiger charge is -2.36. The Morgan fingerprint density at radius 1 is 1.04 bits per heavy atom. The summed E-state index contributed by atoms with van der Waals surface area (Å²) in [4.78, 5) is 41.1. The van der Waals surface area contributed by atoms with Crippen LogP contribution in [0.5, 0.6) is 5.75 Å². The SMILES string of the molecule is CC1CN(C(=O)C(C)N2C(=O)c3ccccc3C2=O)c2ccccc2O1. The number of anilines is 1. The van der Waals surface area contributed by atoms with Crippen molar-refractivity contribution in [1.29, 1.82) is 0 Å². The molecule has 132 valence electrons. The van der Waals surface area contributed by atoms with Crippen LogP contribution in [0.25, 0.3) is 0 Å². The molecule has 2 aromatic carbocycles. The van der Waals surface area contributed by atoms with Crippen LogP contribution in [0.4, 0.5) is 5.69 Å². The summed E-state index contributed by atoms with van der Waals surface area (Å²) in [6, 6.07) is 13.0. The Hall–Kier alpha value is -3.15. The molecule has 0 radical (unpaired) electrons. The second kappa shape index (κ2) is 5.98. The average molecular weight is 350 g/mol. The Labute approximate surface area is 151 Å².